The molecule has 0 aromatic heterocycles. The third kappa shape index (κ3) is 2.20. The monoisotopic (exact) mass is 230 g/mol. The van der Waals surface area contributed by atoms with Crippen molar-refractivity contribution in [3.05, 3.63) is 35.9 Å². The van der Waals surface area contributed by atoms with Crippen molar-refractivity contribution >= 4 is 5.91 Å². The van der Waals surface area contributed by atoms with Gasteiger partial charge in [0.05, 0.1) is 5.92 Å². The highest BCUT2D eigenvalue weighted by Crippen LogP contribution is 2.36. The van der Waals surface area contributed by atoms with E-state index in [1.165, 1.54) is 5.56 Å². The Hall–Kier alpha value is -1.35. The molecule has 0 atom stereocenters. The second-order valence-corrected chi connectivity index (χ2v) is 5.14. The van der Waals surface area contributed by atoms with Crippen LogP contribution in [0, 0.1) is 5.92 Å². The van der Waals surface area contributed by atoms with Crippen LogP contribution in [-0.4, -0.2) is 25.0 Å². The molecule has 0 unspecified atom stereocenters. The van der Waals surface area contributed by atoms with Crippen LogP contribution in [-0.2, 0) is 4.79 Å². The van der Waals surface area contributed by atoms with Crippen molar-refractivity contribution in [2.24, 2.45) is 5.92 Å². The molecule has 3 heteroatoms. The summed E-state index contributed by atoms with van der Waals surface area (Å²) in [6.07, 6.45) is 2.19. The Bertz CT molecular complexity index is 394. The van der Waals surface area contributed by atoms with Crippen LogP contribution < -0.4 is 10.6 Å². The fraction of sp³-hybridized carbons (Fsp3) is 0.500. The van der Waals surface area contributed by atoms with Crippen molar-refractivity contribution in [2.45, 2.75) is 24.8 Å². The largest absolute Gasteiger partial charge is 0.353 e. The predicted octanol–water partition coefficient (Wildman–Crippen LogP) is 1.27. The SMILES string of the molecule is O=C(NC1CC(c2ccccc2)C1)C1CNC1. The first-order valence-electron chi connectivity index (χ1n) is 6.39. The quantitative estimate of drug-likeness (QED) is 0.821. The molecule has 90 valence electrons. The lowest BCUT2D eigenvalue weighted by molar-refractivity contribution is -0.127. The third-order valence-corrected chi connectivity index (χ3v) is 3.91. The molecule has 2 aliphatic rings. The van der Waals surface area contributed by atoms with E-state index in [9.17, 15) is 4.79 Å². The molecular formula is C14H18N2O. The van der Waals surface area contributed by atoms with E-state index in [0.29, 0.717) is 12.0 Å². The molecule has 1 aliphatic heterocycles. The van der Waals surface area contributed by atoms with Gasteiger partial charge in [0.15, 0.2) is 0 Å². The summed E-state index contributed by atoms with van der Waals surface area (Å²) in [6.45, 7) is 1.70. The van der Waals surface area contributed by atoms with Crippen molar-refractivity contribution in [2.75, 3.05) is 13.1 Å². The number of hydrogen-bond donors (Lipinski definition) is 2. The van der Waals surface area contributed by atoms with Gasteiger partial charge in [-0.2, -0.15) is 0 Å². The number of benzene rings is 1. The first kappa shape index (κ1) is 10.8. The van der Waals surface area contributed by atoms with Gasteiger partial charge in [0.25, 0.3) is 0 Å². The fourth-order valence-corrected chi connectivity index (χ4v) is 2.53. The molecule has 1 aromatic carbocycles. The molecule has 3 nitrogen and oxygen atoms in total. The van der Waals surface area contributed by atoms with E-state index in [1.54, 1.807) is 0 Å². The van der Waals surface area contributed by atoms with Crippen LogP contribution in [0.1, 0.15) is 24.3 Å². The Labute approximate surface area is 102 Å². The van der Waals surface area contributed by atoms with Crippen molar-refractivity contribution in [3.8, 4) is 0 Å². The molecule has 1 aromatic rings. The molecule has 0 spiro atoms. The van der Waals surface area contributed by atoms with Crippen LogP contribution in [0.25, 0.3) is 0 Å². The van der Waals surface area contributed by atoms with Crippen LogP contribution in [0.15, 0.2) is 30.3 Å². The highest BCUT2D eigenvalue weighted by atomic mass is 16.2. The zero-order valence-electron chi connectivity index (χ0n) is 9.86. The highest BCUT2D eigenvalue weighted by Gasteiger charge is 2.33. The van der Waals surface area contributed by atoms with E-state index >= 15 is 0 Å². The number of carbonyl (C=O) groups excluding carboxylic acids is 1. The minimum absolute atomic E-state index is 0.214. The summed E-state index contributed by atoms with van der Waals surface area (Å²) in [6, 6.07) is 11.0. The smallest absolute Gasteiger partial charge is 0.225 e. The normalized spacial score (nSPS) is 28.0. The molecule has 1 heterocycles. The van der Waals surface area contributed by atoms with Crippen molar-refractivity contribution in [1.82, 2.24) is 10.6 Å². The molecule has 1 saturated heterocycles. The maximum absolute atomic E-state index is 11.7. The predicted molar refractivity (Wildman–Crippen MR) is 66.7 cm³/mol. The first-order valence-corrected chi connectivity index (χ1v) is 6.39. The fourth-order valence-electron chi connectivity index (χ4n) is 2.53. The summed E-state index contributed by atoms with van der Waals surface area (Å²) >= 11 is 0. The van der Waals surface area contributed by atoms with Crippen LogP contribution in [0.3, 0.4) is 0 Å². The van der Waals surface area contributed by atoms with Gasteiger partial charge in [-0.25, -0.2) is 0 Å². The van der Waals surface area contributed by atoms with Gasteiger partial charge in [-0.15, -0.1) is 0 Å². The summed E-state index contributed by atoms with van der Waals surface area (Å²) in [5, 5.41) is 6.26. The molecule has 2 fully saturated rings. The number of rotatable bonds is 3. The van der Waals surface area contributed by atoms with Gasteiger partial charge in [-0.3, -0.25) is 4.79 Å². The van der Waals surface area contributed by atoms with E-state index in [1.807, 2.05) is 6.07 Å². The Kier molecular flexibility index (Phi) is 2.85. The molecule has 0 bridgehead atoms. The van der Waals surface area contributed by atoms with E-state index in [2.05, 4.69) is 34.9 Å². The minimum atomic E-state index is 0.214. The average molecular weight is 230 g/mol. The standard InChI is InChI=1S/C14H18N2O/c17-14(12-8-15-9-12)16-13-6-11(7-13)10-4-2-1-3-5-10/h1-5,11-13,15H,6-9H2,(H,16,17). The van der Waals surface area contributed by atoms with E-state index < -0.39 is 0 Å². The molecule has 0 radical (unpaired) electrons. The van der Waals surface area contributed by atoms with E-state index in [0.717, 1.165) is 25.9 Å². The van der Waals surface area contributed by atoms with Crippen LogP contribution in [0.2, 0.25) is 0 Å². The molecule has 2 N–H and O–H groups in total. The van der Waals surface area contributed by atoms with Crippen molar-refractivity contribution in [1.29, 1.82) is 0 Å². The molecule has 1 aliphatic carbocycles. The van der Waals surface area contributed by atoms with E-state index in [4.69, 9.17) is 0 Å². The summed E-state index contributed by atoms with van der Waals surface area (Å²) in [4.78, 5) is 11.7. The third-order valence-electron chi connectivity index (χ3n) is 3.91. The average Bonchev–Trinajstić information content (AvgIpc) is 2.21. The number of carbonyl (C=O) groups is 1. The van der Waals surface area contributed by atoms with Crippen molar-refractivity contribution < 1.29 is 4.79 Å². The Morgan fingerprint density at radius 3 is 2.47 bits per heavy atom. The van der Waals surface area contributed by atoms with Gasteiger partial charge >= 0.3 is 0 Å². The van der Waals surface area contributed by atoms with Gasteiger partial charge in [-0.05, 0) is 24.3 Å². The van der Waals surface area contributed by atoms with Crippen LogP contribution in [0.4, 0.5) is 0 Å². The number of amides is 1. The van der Waals surface area contributed by atoms with Gasteiger partial charge in [0.1, 0.15) is 0 Å². The second-order valence-electron chi connectivity index (χ2n) is 5.14. The molecule has 1 amide bonds. The lowest BCUT2D eigenvalue weighted by atomic mass is 9.75. The summed E-state index contributed by atoms with van der Waals surface area (Å²) in [5.41, 5.74) is 1.41. The zero-order valence-corrected chi connectivity index (χ0v) is 9.86. The topological polar surface area (TPSA) is 41.1 Å². The summed E-state index contributed by atoms with van der Waals surface area (Å²) in [7, 11) is 0. The molecule has 1 saturated carbocycles. The maximum atomic E-state index is 11.7. The summed E-state index contributed by atoms with van der Waals surface area (Å²) in [5.74, 6) is 1.09. The number of nitrogens with one attached hydrogen (secondary N) is 2. The summed E-state index contributed by atoms with van der Waals surface area (Å²) < 4.78 is 0. The number of hydrogen-bond acceptors (Lipinski definition) is 2. The lowest BCUT2D eigenvalue weighted by Crippen LogP contribution is -2.54. The minimum Gasteiger partial charge on any atom is -0.353 e. The van der Waals surface area contributed by atoms with Gasteiger partial charge in [0, 0.05) is 19.1 Å². The van der Waals surface area contributed by atoms with Crippen molar-refractivity contribution in [3.63, 3.8) is 0 Å². The molecule has 3 rings (SSSR count). The first-order chi connectivity index (χ1) is 8.33. The van der Waals surface area contributed by atoms with Gasteiger partial charge < -0.3 is 10.6 Å². The second kappa shape index (κ2) is 4.49. The highest BCUT2D eigenvalue weighted by molar-refractivity contribution is 5.80. The Balaban J connectivity index is 1.47. The maximum Gasteiger partial charge on any atom is 0.225 e. The Morgan fingerprint density at radius 2 is 1.88 bits per heavy atom. The zero-order chi connectivity index (χ0) is 11.7. The van der Waals surface area contributed by atoms with E-state index in [-0.39, 0.29) is 11.8 Å². The lowest BCUT2D eigenvalue weighted by Gasteiger charge is -2.38. The Morgan fingerprint density at radius 1 is 1.18 bits per heavy atom. The van der Waals surface area contributed by atoms with Crippen LogP contribution >= 0.6 is 0 Å². The van der Waals surface area contributed by atoms with Crippen LogP contribution in [0.5, 0.6) is 0 Å². The molecule has 17 heavy (non-hydrogen) atoms. The van der Waals surface area contributed by atoms with Gasteiger partial charge in [0.2, 0.25) is 5.91 Å². The van der Waals surface area contributed by atoms with Gasteiger partial charge in [-0.1, -0.05) is 30.3 Å². The molecular weight excluding hydrogens is 212 g/mol.